The zero-order valence-corrected chi connectivity index (χ0v) is 16.9. The molecule has 0 radical (unpaired) electrons. The molecule has 4 rings (SSSR count). The molecule has 2 aromatic heterocycles. The second-order valence-corrected chi connectivity index (χ2v) is 7.48. The van der Waals surface area contributed by atoms with E-state index in [0.29, 0.717) is 5.69 Å². The number of carbonyl (C=O) groups excluding carboxylic acids is 1. The fraction of sp³-hybridized carbons (Fsp3) is 0.350. The molecule has 0 spiro atoms. The van der Waals surface area contributed by atoms with E-state index < -0.39 is 4.92 Å². The summed E-state index contributed by atoms with van der Waals surface area (Å²) < 4.78 is 3.35. The van der Waals surface area contributed by atoms with Gasteiger partial charge in [-0.3, -0.25) is 19.6 Å². The second-order valence-electron chi connectivity index (χ2n) is 7.48. The third-order valence-corrected chi connectivity index (χ3v) is 5.32. The minimum absolute atomic E-state index is 0.0498. The van der Waals surface area contributed by atoms with Gasteiger partial charge in [-0.1, -0.05) is 0 Å². The monoisotopic (exact) mass is 409 g/mol. The second kappa shape index (κ2) is 7.97. The van der Waals surface area contributed by atoms with Gasteiger partial charge in [0, 0.05) is 63.4 Å². The van der Waals surface area contributed by atoms with Gasteiger partial charge in [0.25, 0.3) is 5.69 Å². The summed E-state index contributed by atoms with van der Waals surface area (Å²) in [5.41, 5.74) is 1.57. The first kappa shape index (κ1) is 19.6. The quantitative estimate of drug-likeness (QED) is 0.378. The van der Waals surface area contributed by atoms with Gasteiger partial charge in [-0.25, -0.2) is 4.98 Å². The number of hydrogen-bond donors (Lipinski definition) is 1. The lowest BCUT2D eigenvalue weighted by Crippen LogP contribution is -2.42. The fourth-order valence-corrected chi connectivity index (χ4v) is 3.78. The van der Waals surface area contributed by atoms with Gasteiger partial charge >= 0.3 is 0 Å². The van der Waals surface area contributed by atoms with Crippen molar-refractivity contribution >= 4 is 22.8 Å². The van der Waals surface area contributed by atoms with Crippen LogP contribution in [0.1, 0.15) is 29.0 Å². The van der Waals surface area contributed by atoms with E-state index in [2.05, 4.69) is 20.3 Å². The number of benzene rings is 1. The Hall–Kier alpha value is -3.69. The van der Waals surface area contributed by atoms with Gasteiger partial charge in [0.1, 0.15) is 5.69 Å². The molecule has 0 saturated carbocycles. The summed E-state index contributed by atoms with van der Waals surface area (Å²) in [5, 5.41) is 19.2. The summed E-state index contributed by atoms with van der Waals surface area (Å²) in [6.45, 7) is 1.64. The number of anilines is 2. The maximum Gasteiger partial charge on any atom is 0.293 e. The Balaban J connectivity index is 1.54. The number of aromatic nitrogens is 4. The summed E-state index contributed by atoms with van der Waals surface area (Å²) in [6.07, 6.45) is 8.84. The Kier molecular flexibility index (Phi) is 5.21. The maximum atomic E-state index is 12.7. The molecule has 3 aromatic rings. The van der Waals surface area contributed by atoms with Crippen LogP contribution in [0.3, 0.4) is 0 Å². The molecule has 1 fully saturated rings. The lowest BCUT2D eigenvalue weighted by molar-refractivity contribution is -0.384. The highest BCUT2D eigenvalue weighted by Crippen LogP contribution is 2.29. The van der Waals surface area contributed by atoms with E-state index in [4.69, 9.17) is 0 Å². The third kappa shape index (κ3) is 3.88. The fourth-order valence-electron chi connectivity index (χ4n) is 3.78. The minimum atomic E-state index is -0.459. The molecule has 10 nitrogen and oxygen atoms in total. The standard InChI is InChI=1S/C20H23N7O3/c1-24-9-7-21-20(24)19(28)14-5-6-17(18(10-14)27(29)30)23-15-4-3-8-26(12-15)16-11-22-25(2)13-16/h5-7,9-11,13,15,23H,3-4,8,12H2,1-2H3. The molecule has 30 heavy (non-hydrogen) atoms. The van der Waals surface area contributed by atoms with Crippen LogP contribution in [-0.4, -0.2) is 49.2 Å². The zero-order valence-electron chi connectivity index (χ0n) is 16.9. The molecule has 1 aromatic carbocycles. The van der Waals surface area contributed by atoms with Crippen molar-refractivity contribution in [1.29, 1.82) is 0 Å². The van der Waals surface area contributed by atoms with Crippen molar-refractivity contribution < 1.29 is 9.72 Å². The van der Waals surface area contributed by atoms with E-state index in [9.17, 15) is 14.9 Å². The molecule has 10 heteroatoms. The molecule has 0 bridgehead atoms. The first-order valence-electron chi connectivity index (χ1n) is 9.73. The van der Waals surface area contributed by atoms with E-state index in [1.807, 2.05) is 19.4 Å². The van der Waals surface area contributed by atoms with Crippen LogP contribution < -0.4 is 10.2 Å². The molecule has 1 atom stereocenters. The highest BCUT2D eigenvalue weighted by Gasteiger charge is 2.25. The molecule has 1 N–H and O–H groups in total. The van der Waals surface area contributed by atoms with Crippen LogP contribution in [0.5, 0.6) is 0 Å². The normalized spacial score (nSPS) is 16.5. The molecule has 1 saturated heterocycles. The molecule has 3 heterocycles. The molecule has 1 aliphatic rings. The molecular formula is C20H23N7O3. The summed E-state index contributed by atoms with van der Waals surface area (Å²) in [4.78, 5) is 30.2. The van der Waals surface area contributed by atoms with Crippen LogP contribution >= 0.6 is 0 Å². The van der Waals surface area contributed by atoms with E-state index in [0.717, 1.165) is 31.6 Å². The van der Waals surface area contributed by atoms with Crippen LogP contribution in [-0.2, 0) is 14.1 Å². The number of nitrogens with one attached hydrogen (secondary N) is 1. The molecular weight excluding hydrogens is 386 g/mol. The number of nitro benzene ring substituents is 1. The van der Waals surface area contributed by atoms with Crippen molar-refractivity contribution in [2.75, 3.05) is 23.3 Å². The Bertz CT molecular complexity index is 1090. The molecule has 1 aliphatic heterocycles. The first-order chi connectivity index (χ1) is 14.4. The first-order valence-corrected chi connectivity index (χ1v) is 9.73. The van der Waals surface area contributed by atoms with Gasteiger partial charge in [-0.2, -0.15) is 5.10 Å². The number of imidazole rings is 1. The van der Waals surface area contributed by atoms with E-state index in [-0.39, 0.29) is 28.9 Å². The van der Waals surface area contributed by atoms with Gasteiger partial charge in [-0.05, 0) is 25.0 Å². The lowest BCUT2D eigenvalue weighted by atomic mass is 10.0. The Morgan fingerprint density at radius 3 is 2.83 bits per heavy atom. The van der Waals surface area contributed by atoms with Crippen LogP contribution in [0.25, 0.3) is 0 Å². The number of hydrogen-bond acceptors (Lipinski definition) is 7. The average Bonchev–Trinajstić information content (AvgIpc) is 3.36. The SMILES string of the molecule is Cn1cc(N2CCCC(Nc3ccc(C(=O)c4nccn4C)cc3[N+](=O)[O-])C2)cn1. The average molecular weight is 409 g/mol. The van der Waals surface area contributed by atoms with Crippen molar-refractivity contribution in [2.45, 2.75) is 18.9 Å². The van der Waals surface area contributed by atoms with Crippen molar-refractivity contribution in [3.05, 3.63) is 64.5 Å². The number of ketones is 1. The van der Waals surface area contributed by atoms with Gasteiger partial charge in [0.05, 0.1) is 16.8 Å². The van der Waals surface area contributed by atoms with Crippen molar-refractivity contribution in [3.8, 4) is 0 Å². The lowest BCUT2D eigenvalue weighted by Gasteiger charge is -2.34. The van der Waals surface area contributed by atoms with Gasteiger partial charge in [0.2, 0.25) is 5.78 Å². The van der Waals surface area contributed by atoms with Crippen LogP contribution in [0.2, 0.25) is 0 Å². The summed E-state index contributed by atoms with van der Waals surface area (Å²) >= 11 is 0. The van der Waals surface area contributed by atoms with Crippen molar-refractivity contribution in [3.63, 3.8) is 0 Å². The zero-order chi connectivity index (χ0) is 21.3. The van der Waals surface area contributed by atoms with Gasteiger partial charge in [0.15, 0.2) is 5.82 Å². The predicted molar refractivity (Wildman–Crippen MR) is 112 cm³/mol. The number of nitro groups is 1. The smallest absolute Gasteiger partial charge is 0.293 e. The van der Waals surface area contributed by atoms with Crippen LogP contribution in [0.15, 0.2) is 43.0 Å². The Morgan fingerprint density at radius 1 is 1.33 bits per heavy atom. The number of piperidine rings is 1. The van der Waals surface area contributed by atoms with Crippen LogP contribution in [0, 0.1) is 10.1 Å². The third-order valence-electron chi connectivity index (χ3n) is 5.32. The van der Waals surface area contributed by atoms with E-state index in [1.165, 1.54) is 12.3 Å². The summed E-state index contributed by atoms with van der Waals surface area (Å²) in [5.74, 6) is -0.109. The Morgan fingerprint density at radius 2 is 2.17 bits per heavy atom. The van der Waals surface area contributed by atoms with E-state index in [1.54, 1.807) is 34.6 Å². The van der Waals surface area contributed by atoms with Gasteiger partial charge < -0.3 is 14.8 Å². The maximum absolute atomic E-state index is 12.7. The summed E-state index contributed by atoms with van der Waals surface area (Å²) in [7, 11) is 3.59. The minimum Gasteiger partial charge on any atom is -0.375 e. The predicted octanol–water partition coefficient (Wildman–Crippen LogP) is 2.37. The highest BCUT2D eigenvalue weighted by molar-refractivity contribution is 6.07. The van der Waals surface area contributed by atoms with Crippen molar-refractivity contribution in [1.82, 2.24) is 19.3 Å². The molecule has 0 amide bonds. The molecule has 0 aliphatic carbocycles. The molecule has 156 valence electrons. The number of rotatable bonds is 6. The van der Waals surface area contributed by atoms with Gasteiger partial charge in [-0.15, -0.1) is 0 Å². The van der Waals surface area contributed by atoms with Crippen molar-refractivity contribution in [2.24, 2.45) is 14.1 Å². The number of carbonyl (C=O) groups is 1. The molecule has 1 unspecified atom stereocenters. The van der Waals surface area contributed by atoms with Crippen LogP contribution in [0.4, 0.5) is 17.1 Å². The highest BCUT2D eigenvalue weighted by atomic mass is 16.6. The largest absolute Gasteiger partial charge is 0.375 e. The Labute approximate surface area is 173 Å². The number of nitrogens with zero attached hydrogens (tertiary/aromatic N) is 6. The number of aryl methyl sites for hydroxylation is 2. The topological polar surface area (TPSA) is 111 Å². The summed E-state index contributed by atoms with van der Waals surface area (Å²) in [6, 6.07) is 4.58. The van der Waals surface area contributed by atoms with E-state index >= 15 is 0 Å².